The first kappa shape index (κ1) is 10.9. The Balaban J connectivity index is 0.000000183. The zero-order chi connectivity index (χ0) is 8.36. The lowest BCUT2D eigenvalue weighted by molar-refractivity contribution is 0.198. The Morgan fingerprint density at radius 1 is 1.18 bits per heavy atom. The Kier molecular flexibility index (Phi) is 9.85. The fraction of sp³-hybridized carbons (Fsp3) is 1.00. The van der Waals surface area contributed by atoms with Gasteiger partial charge in [-0.1, -0.05) is 13.8 Å². The van der Waals surface area contributed by atoms with Crippen LogP contribution < -0.4 is 5.32 Å². The molecule has 1 heterocycles. The van der Waals surface area contributed by atoms with Crippen molar-refractivity contribution in [3.8, 4) is 0 Å². The van der Waals surface area contributed by atoms with Crippen molar-refractivity contribution in [1.82, 2.24) is 5.32 Å². The maximum absolute atomic E-state index is 4.94. The van der Waals surface area contributed by atoms with Gasteiger partial charge in [0, 0.05) is 13.2 Å². The standard InChI is InChI=1S/C5H13N.C4H8O/c1-3-5-6-4-2;1-2-4-5-3-1/h6H,3-5H2,1-2H3;1-4H2. The van der Waals surface area contributed by atoms with Gasteiger partial charge in [0.1, 0.15) is 0 Å². The first-order valence-electron chi connectivity index (χ1n) is 4.70. The highest BCUT2D eigenvalue weighted by molar-refractivity contribution is 4.43. The van der Waals surface area contributed by atoms with Gasteiger partial charge in [0.25, 0.3) is 0 Å². The number of ether oxygens (including phenoxy) is 1. The van der Waals surface area contributed by atoms with Crippen LogP contribution in [0.5, 0.6) is 0 Å². The summed E-state index contributed by atoms with van der Waals surface area (Å²) in [6, 6.07) is 0. The zero-order valence-electron chi connectivity index (χ0n) is 7.86. The van der Waals surface area contributed by atoms with E-state index in [2.05, 4.69) is 19.2 Å². The van der Waals surface area contributed by atoms with E-state index in [-0.39, 0.29) is 0 Å². The third kappa shape index (κ3) is 9.92. The van der Waals surface area contributed by atoms with Gasteiger partial charge in [-0.25, -0.2) is 0 Å². The number of hydrogen-bond acceptors (Lipinski definition) is 2. The summed E-state index contributed by atoms with van der Waals surface area (Å²) in [7, 11) is 0. The fourth-order valence-electron chi connectivity index (χ4n) is 0.864. The molecule has 2 heteroatoms. The van der Waals surface area contributed by atoms with Crippen LogP contribution >= 0.6 is 0 Å². The summed E-state index contributed by atoms with van der Waals surface area (Å²) in [6.07, 6.45) is 3.80. The molecule has 0 aromatic rings. The number of nitrogens with one attached hydrogen (secondary N) is 1. The summed E-state index contributed by atoms with van der Waals surface area (Å²) in [5.74, 6) is 0. The Labute approximate surface area is 70.3 Å². The maximum Gasteiger partial charge on any atom is 0.0466 e. The smallest absolute Gasteiger partial charge is 0.0466 e. The summed E-state index contributed by atoms with van der Waals surface area (Å²) in [5, 5.41) is 3.20. The van der Waals surface area contributed by atoms with Crippen LogP contribution in [0, 0.1) is 0 Å². The van der Waals surface area contributed by atoms with Crippen molar-refractivity contribution < 1.29 is 4.74 Å². The summed E-state index contributed by atoms with van der Waals surface area (Å²) >= 11 is 0. The highest BCUT2D eigenvalue weighted by atomic mass is 16.5. The number of rotatable bonds is 3. The molecule has 1 aliphatic rings. The van der Waals surface area contributed by atoms with E-state index in [0.717, 1.165) is 26.3 Å². The highest BCUT2D eigenvalue weighted by Crippen LogP contribution is 1.98. The minimum Gasteiger partial charge on any atom is -0.381 e. The SMILES string of the molecule is C1CCOC1.CCCNCC. The fourth-order valence-corrected chi connectivity index (χ4v) is 0.864. The molecule has 11 heavy (non-hydrogen) atoms. The molecule has 0 saturated carbocycles. The quantitative estimate of drug-likeness (QED) is 0.634. The molecule has 2 nitrogen and oxygen atoms in total. The van der Waals surface area contributed by atoms with E-state index in [4.69, 9.17) is 4.74 Å². The van der Waals surface area contributed by atoms with Gasteiger partial charge in [0.2, 0.25) is 0 Å². The molecule has 1 N–H and O–H groups in total. The average molecular weight is 159 g/mol. The van der Waals surface area contributed by atoms with Gasteiger partial charge in [-0.3, -0.25) is 0 Å². The summed E-state index contributed by atoms with van der Waals surface area (Å²) < 4.78 is 4.94. The van der Waals surface area contributed by atoms with Crippen LogP contribution in [0.3, 0.4) is 0 Å². The summed E-state index contributed by atoms with van der Waals surface area (Å²) in [6.45, 7) is 8.56. The van der Waals surface area contributed by atoms with Crippen molar-refractivity contribution in [3.63, 3.8) is 0 Å². The van der Waals surface area contributed by atoms with Gasteiger partial charge in [-0.05, 0) is 32.4 Å². The molecule has 1 rings (SSSR count). The Morgan fingerprint density at radius 2 is 1.82 bits per heavy atom. The van der Waals surface area contributed by atoms with Crippen molar-refractivity contribution in [1.29, 1.82) is 0 Å². The van der Waals surface area contributed by atoms with Crippen LogP contribution in [0.25, 0.3) is 0 Å². The molecule has 68 valence electrons. The molecule has 1 aliphatic heterocycles. The van der Waals surface area contributed by atoms with Gasteiger partial charge in [-0.15, -0.1) is 0 Å². The van der Waals surface area contributed by atoms with Crippen molar-refractivity contribution in [2.75, 3.05) is 26.3 Å². The molecule has 0 amide bonds. The van der Waals surface area contributed by atoms with Crippen LogP contribution in [-0.2, 0) is 4.74 Å². The molecule has 0 bridgehead atoms. The Bertz CT molecular complexity index is 51.0. The highest BCUT2D eigenvalue weighted by Gasteiger charge is 1.94. The second kappa shape index (κ2) is 9.92. The van der Waals surface area contributed by atoms with Gasteiger partial charge in [0.15, 0.2) is 0 Å². The van der Waals surface area contributed by atoms with Crippen molar-refractivity contribution in [2.24, 2.45) is 0 Å². The largest absolute Gasteiger partial charge is 0.381 e. The maximum atomic E-state index is 4.94. The first-order valence-corrected chi connectivity index (χ1v) is 4.70. The molecule has 1 fully saturated rings. The van der Waals surface area contributed by atoms with Gasteiger partial charge in [-0.2, -0.15) is 0 Å². The lowest BCUT2D eigenvalue weighted by Gasteiger charge is -1.91. The van der Waals surface area contributed by atoms with E-state index in [0.29, 0.717) is 0 Å². The first-order chi connectivity index (χ1) is 5.41. The molecule has 0 radical (unpaired) electrons. The molecule has 0 unspecified atom stereocenters. The van der Waals surface area contributed by atoms with E-state index in [1.54, 1.807) is 0 Å². The average Bonchev–Trinajstić information content (AvgIpc) is 2.57. The van der Waals surface area contributed by atoms with Crippen LogP contribution in [0.1, 0.15) is 33.1 Å². The summed E-state index contributed by atoms with van der Waals surface area (Å²) in [5.41, 5.74) is 0. The van der Waals surface area contributed by atoms with E-state index in [1.165, 1.54) is 19.3 Å². The lowest BCUT2D eigenvalue weighted by Crippen LogP contribution is -2.12. The molecule has 0 atom stereocenters. The molecular weight excluding hydrogens is 138 g/mol. The third-order valence-corrected chi connectivity index (χ3v) is 1.50. The Hall–Kier alpha value is -0.0800. The van der Waals surface area contributed by atoms with E-state index < -0.39 is 0 Å². The van der Waals surface area contributed by atoms with Gasteiger partial charge in [0.05, 0.1) is 0 Å². The van der Waals surface area contributed by atoms with Crippen molar-refractivity contribution in [2.45, 2.75) is 33.1 Å². The monoisotopic (exact) mass is 159 g/mol. The molecule has 0 aromatic carbocycles. The van der Waals surface area contributed by atoms with Gasteiger partial charge < -0.3 is 10.1 Å². The molecular formula is C9H21NO. The zero-order valence-corrected chi connectivity index (χ0v) is 7.86. The van der Waals surface area contributed by atoms with E-state index in [1.807, 2.05) is 0 Å². The molecule has 0 spiro atoms. The lowest BCUT2D eigenvalue weighted by atomic mass is 10.4. The van der Waals surface area contributed by atoms with Crippen molar-refractivity contribution in [3.05, 3.63) is 0 Å². The predicted octanol–water partition coefficient (Wildman–Crippen LogP) is 1.80. The molecule has 1 saturated heterocycles. The number of hydrogen-bond donors (Lipinski definition) is 1. The molecule has 0 aromatic heterocycles. The predicted molar refractivity (Wildman–Crippen MR) is 48.9 cm³/mol. The van der Waals surface area contributed by atoms with Crippen LogP contribution in [-0.4, -0.2) is 26.3 Å². The van der Waals surface area contributed by atoms with Crippen LogP contribution in [0.2, 0.25) is 0 Å². The van der Waals surface area contributed by atoms with Crippen LogP contribution in [0.15, 0.2) is 0 Å². The minimum atomic E-state index is 1.00. The summed E-state index contributed by atoms with van der Waals surface area (Å²) in [4.78, 5) is 0. The van der Waals surface area contributed by atoms with Crippen molar-refractivity contribution >= 4 is 0 Å². The second-order valence-electron chi connectivity index (χ2n) is 2.67. The molecule has 0 aliphatic carbocycles. The second-order valence-corrected chi connectivity index (χ2v) is 2.67. The van der Waals surface area contributed by atoms with E-state index >= 15 is 0 Å². The van der Waals surface area contributed by atoms with E-state index in [9.17, 15) is 0 Å². The van der Waals surface area contributed by atoms with Crippen LogP contribution in [0.4, 0.5) is 0 Å². The topological polar surface area (TPSA) is 21.3 Å². The minimum absolute atomic E-state index is 1.00. The Morgan fingerprint density at radius 3 is 2.00 bits per heavy atom. The third-order valence-electron chi connectivity index (χ3n) is 1.50. The van der Waals surface area contributed by atoms with Gasteiger partial charge >= 0.3 is 0 Å². The normalized spacial score (nSPS) is 15.8.